The van der Waals surface area contributed by atoms with Crippen LogP contribution < -0.4 is 10.1 Å². The number of halogens is 1. The average Bonchev–Trinajstić information content (AvgIpc) is 2.70. The number of nitrogens with one attached hydrogen (secondary N) is 1. The standard InChI is InChI=1S/C21H21ClN2O2S/c1-25-21-12-14(2-4-18(21)22)24-20-6-9-23-19-5-3-16(13-17(19)20)27-15-7-10-26-11-8-15/h2-6,9,12-13,15H,7-8,10-11H2,1H3,(H,23,24). The fraction of sp³-hybridized carbons (Fsp3) is 0.286. The second-order valence-electron chi connectivity index (χ2n) is 6.44. The van der Waals surface area contributed by atoms with Crippen LogP contribution in [0, 0.1) is 0 Å². The van der Waals surface area contributed by atoms with E-state index < -0.39 is 0 Å². The number of benzene rings is 2. The van der Waals surface area contributed by atoms with Crippen molar-refractivity contribution >= 4 is 45.6 Å². The first-order valence-corrected chi connectivity index (χ1v) is 10.2. The van der Waals surface area contributed by atoms with Crippen LogP contribution in [-0.2, 0) is 4.74 Å². The molecule has 1 aliphatic rings. The molecule has 0 bridgehead atoms. The fourth-order valence-electron chi connectivity index (χ4n) is 3.19. The van der Waals surface area contributed by atoms with Gasteiger partial charge in [-0.2, -0.15) is 0 Å². The van der Waals surface area contributed by atoms with E-state index in [9.17, 15) is 0 Å². The van der Waals surface area contributed by atoms with Gasteiger partial charge in [0, 0.05) is 52.4 Å². The van der Waals surface area contributed by atoms with Crippen LogP contribution in [0.3, 0.4) is 0 Å². The van der Waals surface area contributed by atoms with Gasteiger partial charge in [0.2, 0.25) is 0 Å². The molecule has 1 aromatic heterocycles. The zero-order valence-corrected chi connectivity index (χ0v) is 16.6. The summed E-state index contributed by atoms with van der Waals surface area (Å²) in [6.07, 6.45) is 4.03. The van der Waals surface area contributed by atoms with Gasteiger partial charge in [0.15, 0.2) is 0 Å². The Morgan fingerprint density at radius 1 is 1.15 bits per heavy atom. The van der Waals surface area contributed by atoms with Gasteiger partial charge >= 0.3 is 0 Å². The predicted molar refractivity (Wildman–Crippen MR) is 113 cm³/mol. The predicted octanol–water partition coefficient (Wildman–Crippen LogP) is 5.91. The molecule has 1 fully saturated rings. The molecule has 0 atom stereocenters. The molecule has 2 heterocycles. The first-order chi connectivity index (χ1) is 13.2. The Morgan fingerprint density at radius 3 is 2.81 bits per heavy atom. The smallest absolute Gasteiger partial charge is 0.139 e. The molecule has 0 unspecified atom stereocenters. The van der Waals surface area contributed by atoms with Gasteiger partial charge < -0.3 is 14.8 Å². The minimum atomic E-state index is 0.595. The first kappa shape index (κ1) is 18.4. The largest absolute Gasteiger partial charge is 0.495 e. The van der Waals surface area contributed by atoms with Gasteiger partial charge in [-0.25, -0.2) is 0 Å². The number of pyridine rings is 1. The van der Waals surface area contributed by atoms with E-state index in [4.69, 9.17) is 21.1 Å². The van der Waals surface area contributed by atoms with E-state index >= 15 is 0 Å². The summed E-state index contributed by atoms with van der Waals surface area (Å²) < 4.78 is 10.8. The van der Waals surface area contributed by atoms with Gasteiger partial charge in [0.1, 0.15) is 5.75 Å². The molecule has 1 aliphatic heterocycles. The fourth-order valence-corrected chi connectivity index (χ4v) is 4.53. The third-order valence-electron chi connectivity index (χ3n) is 4.61. The van der Waals surface area contributed by atoms with Crippen molar-refractivity contribution in [3.63, 3.8) is 0 Å². The number of ether oxygens (including phenoxy) is 2. The molecule has 0 aliphatic carbocycles. The summed E-state index contributed by atoms with van der Waals surface area (Å²) in [7, 11) is 1.62. The van der Waals surface area contributed by atoms with Crippen LogP contribution in [0.25, 0.3) is 10.9 Å². The minimum Gasteiger partial charge on any atom is -0.495 e. The second kappa shape index (κ2) is 8.38. The van der Waals surface area contributed by atoms with Crippen molar-refractivity contribution in [3.8, 4) is 5.75 Å². The molecule has 27 heavy (non-hydrogen) atoms. The maximum atomic E-state index is 6.13. The number of hydrogen-bond donors (Lipinski definition) is 1. The Morgan fingerprint density at radius 2 is 2.00 bits per heavy atom. The number of rotatable bonds is 5. The van der Waals surface area contributed by atoms with Gasteiger partial charge in [-0.1, -0.05) is 11.6 Å². The Bertz CT molecular complexity index is 945. The van der Waals surface area contributed by atoms with Gasteiger partial charge in [-0.15, -0.1) is 11.8 Å². The highest BCUT2D eigenvalue weighted by atomic mass is 35.5. The van der Waals surface area contributed by atoms with Crippen molar-refractivity contribution in [1.82, 2.24) is 4.98 Å². The summed E-state index contributed by atoms with van der Waals surface area (Å²) in [6, 6.07) is 14.1. The average molecular weight is 401 g/mol. The number of fused-ring (bicyclic) bond motifs is 1. The monoisotopic (exact) mass is 400 g/mol. The van der Waals surface area contributed by atoms with Crippen molar-refractivity contribution in [2.24, 2.45) is 0 Å². The number of methoxy groups -OCH3 is 1. The quantitative estimate of drug-likeness (QED) is 0.576. The number of anilines is 2. The molecule has 140 valence electrons. The third-order valence-corrected chi connectivity index (χ3v) is 6.26. The molecule has 4 rings (SSSR count). The van der Waals surface area contributed by atoms with Crippen LogP contribution in [-0.4, -0.2) is 30.6 Å². The summed E-state index contributed by atoms with van der Waals surface area (Å²) in [5.74, 6) is 0.649. The van der Waals surface area contributed by atoms with Crippen LogP contribution in [0.5, 0.6) is 5.75 Å². The number of hydrogen-bond acceptors (Lipinski definition) is 5. The Labute approximate surface area is 168 Å². The lowest BCUT2D eigenvalue weighted by atomic mass is 10.2. The zero-order chi connectivity index (χ0) is 18.6. The van der Waals surface area contributed by atoms with E-state index in [1.807, 2.05) is 42.2 Å². The van der Waals surface area contributed by atoms with E-state index in [0.29, 0.717) is 16.0 Å². The minimum absolute atomic E-state index is 0.595. The molecule has 2 aromatic carbocycles. The highest BCUT2D eigenvalue weighted by Crippen LogP contribution is 2.35. The molecule has 0 radical (unpaired) electrons. The van der Waals surface area contributed by atoms with Crippen molar-refractivity contribution in [2.75, 3.05) is 25.6 Å². The molecule has 0 amide bonds. The normalized spacial score (nSPS) is 15.0. The summed E-state index contributed by atoms with van der Waals surface area (Å²) in [4.78, 5) is 5.77. The van der Waals surface area contributed by atoms with Crippen LogP contribution >= 0.6 is 23.4 Å². The maximum absolute atomic E-state index is 6.13. The number of nitrogens with zero attached hydrogens (tertiary/aromatic N) is 1. The van der Waals surface area contributed by atoms with Crippen LogP contribution in [0.2, 0.25) is 5.02 Å². The summed E-state index contributed by atoms with van der Waals surface area (Å²) in [6.45, 7) is 1.72. The molecule has 0 spiro atoms. The highest BCUT2D eigenvalue weighted by Gasteiger charge is 2.15. The maximum Gasteiger partial charge on any atom is 0.139 e. The number of thioether (sulfide) groups is 1. The topological polar surface area (TPSA) is 43.4 Å². The number of aromatic nitrogens is 1. The molecular formula is C21H21ClN2O2S. The molecule has 6 heteroatoms. The van der Waals surface area contributed by atoms with E-state index in [2.05, 4.69) is 28.5 Å². The lowest BCUT2D eigenvalue weighted by Gasteiger charge is -2.21. The second-order valence-corrected chi connectivity index (χ2v) is 8.22. The van der Waals surface area contributed by atoms with Crippen LogP contribution in [0.4, 0.5) is 11.4 Å². The summed E-state index contributed by atoms with van der Waals surface area (Å²) in [5.41, 5.74) is 2.90. The van der Waals surface area contributed by atoms with E-state index in [0.717, 1.165) is 48.3 Å². The van der Waals surface area contributed by atoms with E-state index in [1.54, 1.807) is 7.11 Å². The lowest BCUT2D eigenvalue weighted by Crippen LogP contribution is -2.17. The lowest BCUT2D eigenvalue weighted by molar-refractivity contribution is 0.100. The van der Waals surface area contributed by atoms with Crippen molar-refractivity contribution in [2.45, 2.75) is 23.0 Å². The van der Waals surface area contributed by atoms with Crippen molar-refractivity contribution in [3.05, 3.63) is 53.7 Å². The molecule has 0 saturated carbocycles. The first-order valence-electron chi connectivity index (χ1n) is 8.96. The van der Waals surface area contributed by atoms with Gasteiger partial charge in [0.05, 0.1) is 17.6 Å². The van der Waals surface area contributed by atoms with Gasteiger partial charge in [-0.3, -0.25) is 4.98 Å². The molecule has 3 aromatic rings. The van der Waals surface area contributed by atoms with Crippen molar-refractivity contribution < 1.29 is 9.47 Å². The van der Waals surface area contributed by atoms with Crippen LogP contribution in [0.15, 0.2) is 53.6 Å². The summed E-state index contributed by atoms with van der Waals surface area (Å²) in [5, 5.41) is 5.78. The Hall–Kier alpha value is -1.95. The van der Waals surface area contributed by atoms with E-state index in [1.165, 1.54) is 4.90 Å². The van der Waals surface area contributed by atoms with E-state index in [-0.39, 0.29) is 0 Å². The Balaban J connectivity index is 1.62. The summed E-state index contributed by atoms with van der Waals surface area (Å²) >= 11 is 8.06. The Kier molecular flexibility index (Phi) is 5.72. The highest BCUT2D eigenvalue weighted by molar-refractivity contribution is 8.00. The third kappa shape index (κ3) is 4.32. The molecular weight excluding hydrogens is 380 g/mol. The van der Waals surface area contributed by atoms with Gasteiger partial charge in [0.25, 0.3) is 0 Å². The zero-order valence-electron chi connectivity index (χ0n) is 15.1. The van der Waals surface area contributed by atoms with Crippen molar-refractivity contribution in [1.29, 1.82) is 0 Å². The molecule has 1 N–H and O–H groups in total. The molecule has 4 nitrogen and oxygen atoms in total. The van der Waals surface area contributed by atoms with Crippen LogP contribution in [0.1, 0.15) is 12.8 Å². The van der Waals surface area contributed by atoms with Gasteiger partial charge in [-0.05, 0) is 49.2 Å². The SMILES string of the molecule is COc1cc(Nc2ccnc3ccc(SC4CCOCC4)cc23)ccc1Cl. The molecule has 1 saturated heterocycles.